The van der Waals surface area contributed by atoms with Gasteiger partial charge in [-0.05, 0) is 106 Å². The number of rotatable bonds is 8. The summed E-state index contributed by atoms with van der Waals surface area (Å²) in [5.74, 6) is 3.23. The Balaban J connectivity index is 1.41. The first kappa shape index (κ1) is 26.8. The molecule has 0 unspecified atom stereocenters. The fourth-order valence-corrected chi connectivity index (χ4v) is 8.94. The fourth-order valence-electron chi connectivity index (χ4n) is 8.94. The minimum absolute atomic E-state index is 0.0296. The van der Waals surface area contributed by atoms with Crippen molar-refractivity contribution in [1.29, 1.82) is 0 Å². The van der Waals surface area contributed by atoms with E-state index in [2.05, 4.69) is 24.3 Å². The summed E-state index contributed by atoms with van der Waals surface area (Å²) < 4.78 is 13.0. The highest BCUT2D eigenvalue weighted by Crippen LogP contribution is 2.67. The van der Waals surface area contributed by atoms with Gasteiger partial charge < -0.3 is 15.3 Å². The second-order valence-corrected chi connectivity index (χ2v) is 12.4. The molecule has 0 aromatic heterocycles. The number of likely N-dealkylation sites (N-methyl/N-ethyl adjacent to an activating group) is 1. The van der Waals surface area contributed by atoms with Gasteiger partial charge in [0, 0.05) is 19.0 Å². The van der Waals surface area contributed by atoms with Gasteiger partial charge in [0.05, 0.1) is 18.4 Å². The summed E-state index contributed by atoms with van der Waals surface area (Å²) in [7, 11) is 0. The van der Waals surface area contributed by atoms with E-state index in [9.17, 15) is 14.3 Å². The van der Waals surface area contributed by atoms with Gasteiger partial charge in [0.2, 0.25) is 0 Å². The number of oxime groups is 1. The van der Waals surface area contributed by atoms with Gasteiger partial charge in [-0.25, -0.2) is 9.18 Å². The maximum atomic E-state index is 13.0. The zero-order valence-corrected chi connectivity index (χ0v) is 22.4. The monoisotopic (exact) mass is 493 g/mol. The van der Waals surface area contributed by atoms with Crippen LogP contribution in [0.15, 0.2) is 5.16 Å². The Labute approximate surface area is 211 Å². The van der Waals surface area contributed by atoms with E-state index in [1.807, 2.05) is 13.8 Å². The number of nitrogens with one attached hydrogen (secondary N) is 1. The molecule has 8 atom stereocenters. The van der Waals surface area contributed by atoms with Gasteiger partial charge >= 0.3 is 6.09 Å². The van der Waals surface area contributed by atoms with Gasteiger partial charge in [0.25, 0.3) is 0 Å². The summed E-state index contributed by atoms with van der Waals surface area (Å²) in [4.78, 5) is 19.3. The zero-order chi connectivity index (χ0) is 25.2. The molecule has 4 rings (SSSR count). The van der Waals surface area contributed by atoms with E-state index in [0.717, 1.165) is 43.4 Å². The van der Waals surface area contributed by atoms with E-state index < -0.39 is 12.8 Å². The number of aliphatic hydroxyl groups excluding tert-OH is 1. The second kappa shape index (κ2) is 11.0. The average Bonchev–Trinajstić information content (AvgIpc) is 3.19. The van der Waals surface area contributed by atoms with E-state index in [1.165, 1.54) is 43.4 Å². The molecule has 7 heteroatoms. The maximum absolute atomic E-state index is 13.0. The smallest absolute Gasteiger partial charge is 0.393 e. The van der Waals surface area contributed by atoms with Gasteiger partial charge in [0.1, 0.15) is 6.67 Å². The molecule has 4 aliphatic carbocycles. The van der Waals surface area contributed by atoms with Crippen molar-refractivity contribution in [3.8, 4) is 0 Å². The first-order valence-corrected chi connectivity index (χ1v) is 14.2. The van der Waals surface area contributed by atoms with Gasteiger partial charge in [-0.2, -0.15) is 0 Å². The van der Waals surface area contributed by atoms with Crippen molar-refractivity contribution >= 4 is 11.8 Å². The number of hydrogen-bond donors (Lipinski definition) is 2. The van der Waals surface area contributed by atoms with E-state index in [0.29, 0.717) is 36.3 Å². The number of amides is 1. The molecule has 4 aliphatic rings. The summed E-state index contributed by atoms with van der Waals surface area (Å²) in [5, 5.41) is 17.8. The Morgan fingerprint density at radius 2 is 1.83 bits per heavy atom. The molecule has 0 radical (unpaired) electrons. The third-order valence-electron chi connectivity index (χ3n) is 10.8. The molecule has 4 fully saturated rings. The third-order valence-corrected chi connectivity index (χ3v) is 10.8. The van der Waals surface area contributed by atoms with E-state index in [1.54, 1.807) is 0 Å². The minimum atomic E-state index is -0.590. The molecular formula is C28H48FN3O3. The number of alkyl halides is 1. The van der Waals surface area contributed by atoms with Crippen LogP contribution in [0, 0.1) is 40.4 Å². The average molecular weight is 494 g/mol. The summed E-state index contributed by atoms with van der Waals surface area (Å²) in [6.45, 7) is 10.3. The highest BCUT2D eigenvalue weighted by atomic mass is 19.1. The van der Waals surface area contributed by atoms with Crippen LogP contribution < -0.4 is 5.32 Å². The van der Waals surface area contributed by atoms with Crippen molar-refractivity contribution in [2.75, 3.05) is 32.9 Å². The van der Waals surface area contributed by atoms with Crippen molar-refractivity contribution in [3.63, 3.8) is 0 Å². The molecular weight excluding hydrogens is 445 g/mol. The van der Waals surface area contributed by atoms with Gasteiger partial charge in [-0.1, -0.05) is 25.9 Å². The number of halogens is 1. The van der Waals surface area contributed by atoms with Crippen LogP contribution in [0.2, 0.25) is 0 Å². The van der Waals surface area contributed by atoms with Crippen LogP contribution in [-0.2, 0) is 4.84 Å². The highest BCUT2D eigenvalue weighted by Gasteiger charge is 2.60. The fraction of sp³-hybridized carbons (Fsp3) is 0.929. The van der Waals surface area contributed by atoms with E-state index in [-0.39, 0.29) is 18.1 Å². The first-order valence-electron chi connectivity index (χ1n) is 14.2. The first-order chi connectivity index (χ1) is 16.7. The lowest BCUT2D eigenvalue weighted by Crippen LogP contribution is -2.54. The zero-order valence-electron chi connectivity index (χ0n) is 22.4. The summed E-state index contributed by atoms with van der Waals surface area (Å²) in [6.07, 6.45) is 9.81. The van der Waals surface area contributed by atoms with Crippen LogP contribution in [0.1, 0.15) is 85.5 Å². The Morgan fingerprint density at radius 1 is 1.09 bits per heavy atom. The molecule has 0 aromatic carbocycles. The van der Waals surface area contributed by atoms with Crippen molar-refractivity contribution in [2.45, 2.75) is 91.6 Å². The number of nitrogens with zero attached hydrogens (tertiary/aromatic N) is 2. The molecule has 0 heterocycles. The highest BCUT2D eigenvalue weighted by molar-refractivity contribution is 5.85. The van der Waals surface area contributed by atoms with Crippen molar-refractivity contribution in [3.05, 3.63) is 0 Å². The predicted molar refractivity (Wildman–Crippen MR) is 137 cm³/mol. The van der Waals surface area contributed by atoms with Crippen LogP contribution in [0.4, 0.5) is 9.18 Å². The quantitative estimate of drug-likeness (QED) is 0.205. The van der Waals surface area contributed by atoms with Crippen molar-refractivity contribution in [1.82, 2.24) is 10.2 Å². The number of fused-ring (bicyclic) bond motifs is 5. The molecule has 6 nitrogen and oxygen atoms in total. The van der Waals surface area contributed by atoms with Gasteiger partial charge in [-0.15, -0.1) is 0 Å². The SMILES string of the molecule is CCNCCN(CCF)C(=O)O/N=C(\C)[C@H]1CC[C@H]2[C@@H]3CC[C@@H]4C[C@H](O)CC[C@]4(C)[C@H]3CC[C@]12C. The van der Waals surface area contributed by atoms with Gasteiger partial charge in [0.15, 0.2) is 0 Å². The molecule has 35 heavy (non-hydrogen) atoms. The van der Waals surface area contributed by atoms with Crippen LogP contribution >= 0.6 is 0 Å². The van der Waals surface area contributed by atoms with Gasteiger partial charge in [-0.3, -0.25) is 4.84 Å². The Hall–Kier alpha value is -1.21. The van der Waals surface area contributed by atoms with Crippen LogP contribution in [0.25, 0.3) is 0 Å². The van der Waals surface area contributed by atoms with Crippen LogP contribution in [0.5, 0.6) is 0 Å². The van der Waals surface area contributed by atoms with Crippen LogP contribution in [-0.4, -0.2) is 60.8 Å². The lowest BCUT2D eigenvalue weighted by atomic mass is 9.44. The maximum Gasteiger partial charge on any atom is 0.436 e. The summed E-state index contributed by atoms with van der Waals surface area (Å²) >= 11 is 0. The molecule has 0 aliphatic heterocycles. The molecule has 0 saturated heterocycles. The second-order valence-electron chi connectivity index (χ2n) is 12.4. The van der Waals surface area contributed by atoms with Crippen molar-refractivity contribution in [2.24, 2.45) is 45.6 Å². The standard InChI is InChI=1S/C28H48FN3O3/c1-5-30-15-17-32(16-14-29)26(34)35-31-19(2)23-8-9-24-22-7-6-20-18-21(33)10-12-27(20,3)25(22)11-13-28(23,24)4/h20-25,30,33H,5-18H2,1-4H3/b31-19+/t20-,21-,22+,23-,24+,25+,27+,28-/m1/s1. The van der Waals surface area contributed by atoms with Crippen molar-refractivity contribution < 1.29 is 19.1 Å². The minimum Gasteiger partial charge on any atom is -0.393 e. The molecule has 1 amide bonds. The number of carbonyl (C=O) groups is 1. The third kappa shape index (κ3) is 5.14. The summed E-state index contributed by atoms with van der Waals surface area (Å²) in [5.41, 5.74) is 1.49. The largest absolute Gasteiger partial charge is 0.436 e. The number of carbonyl (C=O) groups excluding carboxylic acids is 1. The summed E-state index contributed by atoms with van der Waals surface area (Å²) in [6, 6.07) is 0. The van der Waals surface area contributed by atoms with E-state index >= 15 is 0 Å². The molecule has 200 valence electrons. The molecule has 0 spiro atoms. The molecule has 2 N–H and O–H groups in total. The normalized spacial score (nSPS) is 41.0. The Morgan fingerprint density at radius 3 is 2.57 bits per heavy atom. The number of aliphatic hydroxyl groups is 1. The predicted octanol–water partition coefficient (Wildman–Crippen LogP) is 5.40. The Bertz CT molecular complexity index is 779. The lowest BCUT2D eigenvalue weighted by Gasteiger charge is -2.61. The molecule has 0 bridgehead atoms. The molecule has 0 aromatic rings. The lowest BCUT2D eigenvalue weighted by molar-refractivity contribution is -0.123. The topological polar surface area (TPSA) is 74.2 Å². The number of hydrogen-bond acceptors (Lipinski definition) is 5. The van der Waals surface area contributed by atoms with Crippen LogP contribution in [0.3, 0.4) is 0 Å². The van der Waals surface area contributed by atoms with E-state index in [4.69, 9.17) is 4.84 Å². The Kier molecular flexibility index (Phi) is 8.47. The molecule has 4 saturated carbocycles.